The first-order valence-electron chi connectivity index (χ1n) is 5.18. The van der Waals surface area contributed by atoms with Crippen molar-refractivity contribution in [3.05, 3.63) is 28.8 Å². The van der Waals surface area contributed by atoms with Gasteiger partial charge in [0.15, 0.2) is 0 Å². The Hall–Kier alpha value is -1.31. The van der Waals surface area contributed by atoms with Crippen LogP contribution >= 0.6 is 11.6 Å². The molecule has 1 unspecified atom stereocenters. The number of hydrogen-bond donors (Lipinski definition) is 2. The van der Waals surface area contributed by atoms with Gasteiger partial charge in [-0.3, -0.25) is 4.79 Å². The molecular weight excluding hydrogens is 285 g/mol. The van der Waals surface area contributed by atoms with Crippen LogP contribution in [-0.2, 0) is 15.7 Å². The van der Waals surface area contributed by atoms with Gasteiger partial charge < -0.3 is 15.8 Å². The molecule has 0 aromatic heterocycles. The molecule has 4 nitrogen and oxygen atoms in total. The van der Waals surface area contributed by atoms with Gasteiger partial charge in [0.25, 0.3) is 0 Å². The first-order chi connectivity index (χ1) is 8.75. The first-order valence-corrected chi connectivity index (χ1v) is 5.55. The largest absolute Gasteiger partial charge is 0.416 e. The van der Waals surface area contributed by atoms with Crippen LogP contribution in [0, 0.1) is 0 Å². The van der Waals surface area contributed by atoms with Crippen LogP contribution < -0.4 is 11.1 Å². The molecule has 0 aliphatic rings. The molecule has 1 rings (SSSR count). The summed E-state index contributed by atoms with van der Waals surface area (Å²) in [6, 6.07) is 1.64. The van der Waals surface area contributed by atoms with Crippen LogP contribution in [0.15, 0.2) is 18.2 Å². The third-order valence-corrected chi connectivity index (χ3v) is 2.56. The molecule has 106 valence electrons. The Morgan fingerprint density at radius 2 is 2.16 bits per heavy atom. The number of amides is 1. The van der Waals surface area contributed by atoms with E-state index < -0.39 is 23.7 Å². The predicted molar refractivity (Wildman–Crippen MR) is 64.9 cm³/mol. The molecule has 0 fully saturated rings. The number of halogens is 4. The minimum Gasteiger partial charge on any atom is -0.383 e. The van der Waals surface area contributed by atoms with Crippen LogP contribution in [-0.4, -0.2) is 25.7 Å². The van der Waals surface area contributed by atoms with Gasteiger partial charge in [-0.1, -0.05) is 11.6 Å². The second-order valence-corrected chi connectivity index (χ2v) is 4.15. The Labute approximate surface area is 112 Å². The van der Waals surface area contributed by atoms with Crippen molar-refractivity contribution in [1.82, 2.24) is 0 Å². The maximum absolute atomic E-state index is 12.5. The van der Waals surface area contributed by atoms with Crippen LogP contribution in [0.2, 0.25) is 5.02 Å². The molecule has 0 spiro atoms. The van der Waals surface area contributed by atoms with Gasteiger partial charge >= 0.3 is 6.18 Å². The average Bonchev–Trinajstić information content (AvgIpc) is 2.30. The highest BCUT2D eigenvalue weighted by Crippen LogP contribution is 2.33. The summed E-state index contributed by atoms with van der Waals surface area (Å²) in [6.45, 7) is -0.0532. The van der Waals surface area contributed by atoms with Gasteiger partial charge in [-0.25, -0.2) is 0 Å². The number of carbonyl (C=O) groups is 1. The maximum Gasteiger partial charge on any atom is 0.416 e. The molecule has 1 aromatic rings. The van der Waals surface area contributed by atoms with E-state index in [-0.39, 0.29) is 17.3 Å². The molecule has 0 saturated carbocycles. The van der Waals surface area contributed by atoms with Crippen molar-refractivity contribution in [2.45, 2.75) is 12.2 Å². The lowest BCUT2D eigenvalue weighted by atomic mass is 10.2. The van der Waals surface area contributed by atoms with Gasteiger partial charge in [0.2, 0.25) is 5.91 Å². The zero-order valence-corrected chi connectivity index (χ0v) is 10.7. The van der Waals surface area contributed by atoms with E-state index in [0.717, 1.165) is 18.2 Å². The molecular formula is C11H12ClF3N2O2. The molecule has 0 heterocycles. The predicted octanol–water partition coefficient (Wildman–Crippen LogP) is 2.27. The lowest BCUT2D eigenvalue weighted by Crippen LogP contribution is -2.39. The van der Waals surface area contributed by atoms with Crippen LogP contribution in [0.4, 0.5) is 18.9 Å². The van der Waals surface area contributed by atoms with Gasteiger partial charge in [-0.05, 0) is 18.2 Å². The van der Waals surface area contributed by atoms with Gasteiger partial charge in [-0.15, -0.1) is 0 Å². The zero-order valence-electron chi connectivity index (χ0n) is 9.92. The highest BCUT2D eigenvalue weighted by atomic mass is 35.5. The summed E-state index contributed by atoms with van der Waals surface area (Å²) in [5.41, 5.74) is 4.39. The Morgan fingerprint density at radius 3 is 2.68 bits per heavy atom. The topological polar surface area (TPSA) is 64.3 Å². The SMILES string of the molecule is COCC(N)C(=O)Nc1cc(C(F)(F)F)ccc1Cl. The first kappa shape index (κ1) is 15.7. The number of ether oxygens (including phenoxy) is 1. The van der Waals surface area contributed by atoms with Crippen molar-refractivity contribution in [2.24, 2.45) is 5.73 Å². The van der Waals surface area contributed by atoms with Gasteiger partial charge in [0.1, 0.15) is 6.04 Å². The van der Waals surface area contributed by atoms with Crippen molar-refractivity contribution in [2.75, 3.05) is 19.0 Å². The smallest absolute Gasteiger partial charge is 0.383 e. The summed E-state index contributed by atoms with van der Waals surface area (Å²) in [5.74, 6) is -0.678. The highest BCUT2D eigenvalue weighted by Gasteiger charge is 2.31. The lowest BCUT2D eigenvalue weighted by Gasteiger charge is -2.14. The fourth-order valence-corrected chi connectivity index (χ4v) is 1.44. The molecule has 0 aliphatic heterocycles. The summed E-state index contributed by atoms with van der Waals surface area (Å²) in [5, 5.41) is 2.22. The third kappa shape index (κ3) is 4.38. The molecule has 0 bridgehead atoms. The summed E-state index contributed by atoms with van der Waals surface area (Å²) in [7, 11) is 1.35. The van der Waals surface area contributed by atoms with Crippen LogP contribution in [0.3, 0.4) is 0 Å². The van der Waals surface area contributed by atoms with Crippen molar-refractivity contribution in [3.63, 3.8) is 0 Å². The molecule has 1 atom stereocenters. The normalized spacial score (nSPS) is 13.2. The van der Waals surface area contributed by atoms with E-state index >= 15 is 0 Å². The average molecular weight is 297 g/mol. The molecule has 3 N–H and O–H groups in total. The summed E-state index contributed by atoms with van der Waals surface area (Å²) in [6.07, 6.45) is -4.52. The molecule has 1 amide bonds. The number of carbonyl (C=O) groups excluding carboxylic acids is 1. The van der Waals surface area contributed by atoms with E-state index in [9.17, 15) is 18.0 Å². The number of alkyl halides is 3. The number of nitrogens with one attached hydrogen (secondary N) is 1. The van der Waals surface area contributed by atoms with E-state index in [4.69, 9.17) is 17.3 Å². The summed E-state index contributed by atoms with van der Waals surface area (Å²) in [4.78, 5) is 11.6. The second kappa shape index (κ2) is 6.23. The maximum atomic E-state index is 12.5. The quantitative estimate of drug-likeness (QED) is 0.896. The van der Waals surface area contributed by atoms with E-state index in [2.05, 4.69) is 10.1 Å². The molecule has 0 aliphatic carbocycles. The Balaban J connectivity index is 2.92. The van der Waals surface area contributed by atoms with E-state index in [1.54, 1.807) is 0 Å². The zero-order chi connectivity index (χ0) is 14.6. The van der Waals surface area contributed by atoms with Crippen molar-refractivity contribution >= 4 is 23.2 Å². The third-order valence-electron chi connectivity index (χ3n) is 2.23. The molecule has 0 radical (unpaired) electrons. The van der Waals surface area contributed by atoms with Crippen molar-refractivity contribution < 1.29 is 22.7 Å². The number of rotatable bonds is 4. The van der Waals surface area contributed by atoms with E-state index in [1.807, 2.05) is 0 Å². The van der Waals surface area contributed by atoms with Gasteiger partial charge in [0, 0.05) is 7.11 Å². The number of anilines is 1. The fraction of sp³-hybridized carbons (Fsp3) is 0.364. The number of methoxy groups -OCH3 is 1. The number of hydrogen-bond acceptors (Lipinski definition) is 3. The van der Waals surface area contributed by atoms with E-state index in [0.29, 0.717) is 0 Å². The summed E-state index contributed by atoms with van der Waals surface area (Å²) < 4.78 is 42.2. The van der Waals surface area contributed by atoms with Crippen molar-refractivity contribution in [3.8, 4) is 0 Å². The highest BCUT2D eigenvalue weighted by molar-refractivity contribution is 6.33. The Kier molecular flexibility index (Phi) is 5.16. The number of nitrogens with two attached hydrogens (primary N) is 1. The second-order valence-electron chi connectivity index (χ2n) is 3.74. The van der Waals surface area contributed by atoms with Crippen LogP contribution in [0.1, 0.15) is 5.56 Å². The Bertz CT molecular complexity index is 466. The summed E-state index contributed by atoms with van der Waals surface area (Å²) >= 11 is 5.72. The van der Waals surface area contributed by atoms with Gasteiger partial charge in [0.05, 0.1) is 22.9 Å². The minimum atomic E-state index is -4.52. The molecule has 1 aromatic carbocycles. The lowest BCUT2D eigenvalue weighted by molar-refractivity contribution is -0.137. The standard InChI is InChI=1S/C11H12ClF3N2O2/c1-19-5-8(16)10(18)17-9-4-6(11(13,14)15)2-3-7(9)12/h2-4,8H,5,16H2,1H3,(H,17,18). The number of benzene rings is 1. The van der Waals surface area contributed by atoms with E-state index in [1.165, 1.54) is 7.11 Å². The Morgan fingerprint density at radius 1 is 1.53 bits per heavy atom. The molecule has 19 heavy (non-hydrogen) atoms. The monoisotopic (exact) mass is 296 g/mol. The van der Waals surface area contributed by atoms with Crippen LogP contribution in [0.25, 0.3) is 0 Å². The van der Waals surface area contributed by atoms with Crippen molar-refractivity contribution in [1.29, 1.82) is 0 Å². The minimum absolute atomic E-state index is 0.00836. The fourth-order valence-electron chi connectivity index (χ4n) is 1.28. The molecule has 8 heteroatoms. The van der Waals surface area contributed by atoms with Gasteiger partial charge in [-0.2, -0.15) is 13.2 Å². The van der Waals surface area contributed by atoms with Crippen LogP contribution in [0.5, 0.6) is 0 Å². The molecule has 0 saturated heterocycles.